The van der Waals surface area contributed by atoms with Crippen LogP contribution in [0.4, 0.5) is 0 Å². The first-order chi connectivity index (χ1) is 9.56. The Bertz CT molecular complexity index is 574. The monoisotopic (exact) mass is 270 g/mol. The third-order valence-electron chi connectivity index (χ3n) is 2.67. The molecule has 0 aliphatic carbocycles. The van der Waals surface area contributed by atoms with E-state index in [1.54, 1.807) is 26.2 Å². The molecule has 2 aromatic carbocycles. The van der Waals surface area contributed by atoms with Gasteiger partial charge in [-0.25, -0.2) is 0 Å². The summed E-state index contributed by atoms with van der Waals surface area (Å²) >= 11 is 0. The van der Waals surface area contributed by atoms with Crippen LogP contribution in [-0.4, -0.2) is 18.7 Å². The van der Waals surface area contributed by atoms with E-state index in [0.29, 0.717) is 11.3 Å². The lowest BCUT2D eigenvalue weighted by Crippen LogP contribution is -1.96. The largest absolute Gasteiger partial charge is 0.496 e. The second kappa shape index (κ2) is 7.89. The zero-order valence-corrected chi connectivity index (χ0v) is 11.9. The summed E-state index contributed by atoms with van der Waals surface area (Å²) < 4.78 is 4.99. The zero-order valence-electron chi connectivity index (χ0n) is 11.9. The highest BCUT2D eigenvalue weighted by Gasteiger charge is 2.04. The van der Waals surface area contributed by atoms with Crippen molar-refractivity contribution in [2.45, 2.75) is 13.8 Å². The van der Waals surface area contributed by atoms with Gasteiger partial charge in [0.05, 0.1) is 12.7 Å². The van der Waals surface area contributed by atoms with Crippen LogP contribution in [0.15, 0.2) is 54.6 Å². The highest BCUT2D eigenvalue weighted by atomic mass is 16.5. The molecule has 0 spiro atoms. The van der Waals surface area contributed by atoms with E-state index in [9.17, 15) is 9.59 Å². The van der Waals surface area contributed by atoms with E-state index < -0.39 is 0 Å². The van der Waals surface area contributed by atoms with Crippen molar-refractivity contribution in [2.24, 2.45) is 0 Å². The molecule has 20 heavy (non-hydrogen) atoms. The SMILES string of the molecule is CC(=O)c1ccccc1.COc1ccccc1C(C)=O. The van der Waals surface area contributed by atoms with E-state index >= 15 is 0 Å². The minimum absolute atomic E-state index is 0.0300. The summed E-state index contributed by atoms with van der Waals surface area (Å²) in [6.07, 6.45) is 0. The predicted molar refractivity (Wildman–Crippen MR) is 79.4 cm³/mol. The fraction of sp³-hybridized carbons (Fsp3) is 0.176. The molecule has 0 bridgehead atoms. The van der Waals surface area contributed by atoms with Crippen molar-refractivity contribution < 1.29 is 14.3 Å². The number of methoxy groups -OCH3 is 1. The number of ether oxygens (including phenoxy) is 1. The number of rotatable bonds is 3. The molecule has 2 aromatic rings. The Morgan fingerprint density at radius 2 is 1.35 bits per heavy atom. The van der Waals surface area contributed by atoms with Gasteiger partial charge >= 0.3 is 0 Å². The maximum absolute atomic E-state index is 10.9. The Kier molecular flexibility index (Phi) is 6.17. The number of hydrogen-bond acceptors (Lipinski definition) is 3. The molecule has 0 aliphatic heterocycles. The molecule has 0 amide bonds. The van der Waals surface area contributed by atoms with Crippen molar-refractivity contribution in [3.8, 4) is 5.75 Å². The molecule has 0 fully saturated rings. The third kappa shape index (κ3) is 4.69. The van der Waals surface area contributed by atoms with E-state index in [4.69, 9.17) is 4.74 Å². The molecule has 0 unspecified atom stereocenters. The maximum atomic E-state index is 10.9. The normalized spacial score (nSPS) is 9.15. The minimum atomic E-state index is 0.0300. The van der Waals surface area contributed by atoms with Gasteiger partial charge in [-0.3, -0.25) is 9.59 Å². The lowest BCUT2D eigenvalue weighted by atomic mass is 10.1. The van der Waals surface area contributed by atoms with Crippen molar-refractivity contribution in [1.29, 1.82) is 0 Å². The molecule has 0 heterocycles. The number of ketones is 2. The number of carbonyl (C=O) groups excluding carboxylic acids is 2. The standard InChI is InChI=1S/C9H10O2.C8H8O/c1-7(10)8-5-3-4-6-9(8)11-2;1-7(9)8-5-3-2-4-6-8/h3-6H,1-2H3;2-6H,1H3. The van der Waals surface area contributed by atoms with Crippen LogP contribution >= 0.6 is 0 Å². The number of Topliss-reactive ketones (excluding diaryl/α,β-unsaturated/α-hetero) is 2. The number of carbonyl (C=O) groups is 2. The van der Waals surface area contributed by atoms with Crippen molar-refractivity contribution in [3.63, 3.8) is 0 Å². The minimum Gasteiger partial charge on any atom is -0.496 e. The van der Waals surface area contributed by atoms with Gasteiger partial charge in [-0.15, -0.1) is 0 Å². The molecular weight excluding hydrogens is 252 g/mol. The Hall–Kier alpha value is -2.42. The van der Waals surface area contributed by atoms with Crippen molar-refractivity contribution >= 4 is 11.6 Å². The Balaban J connectivity index is 0.000000204. The van der Waals surface area contributed by atoms with Crippen LogP contribution in [0.1, 0.15) is 34.6 Å². The molecular formula is C17H18O3. The molecule has 0 atom stereocenters. The molecule has 0 saturated carbocycles. The quantitative estimate of drug-likeness (QED) is 0.797. The Morgan fingerprint density at radius 3 is 1.75 bits per heavy atom. The van der Waals surface area contributed by atoms with E-state index in [1.807, 2.05) is 42.5 Å². The molecule has 0 aromatic heterocycles. The summed E-state index contributed by atoms with van der Waals surface area (Å²) in [6.45, 7) is 3.09. The van der Waals surface area contributed by atoms with Crippen molar-refractivity contribution in [1.82, 2.24) is 0 Å². The topological polar surface area (TPSA) is 43.4 Å². The highest BCUT2D eigenvalue weighted by molar-refractivity contribution is 5.96. The fourth-order valence-electron chi connectivity index (χ4n) is 1.61. The highest BCUT2D eigenvalue weighted by Crippen LogP contribution is 2.16. The lowest BCUT2D eigenvalue weighted by Gasteiger charge is -2.03. The van der Waals surface area contributed by atoms with Crippen molar-refractivity contribution in [2.75, 3.05) is 7.11 Å². The predicted octanol–water partition coefficient (Wildman–Crippen LogP) is 3.79. The smallest absolute Gasteiger partial charge is 0.163 e. The molecule has 2 rings (SSSR count). The van der Waals surface area contributed by atoms with Gasteiger partial charge in [0.1, 0.15) is 5.75 Å². The van der Waals surface area contributed by atoms with E-state index in [1.165, 1.54) is 6.92 Å². The molecule has 0 radical (unpaired) electrons. The first-order valence-electron chi connectivity index (χ1n) is 6.26. The Labute approximate surface area is 119 Å². The lowest BCUT2D eigenvalue weighted by molar-refractivity contribution is 0.100. The second-order valence-electron chi connectivity index (χ2n) is 4.18. The van der Waals surface area contributed by atoms with Gasteiger partial charge in [-0.1, -0.05) is 42.5 Å². The number of para-hydroxylation sites is 1. The van der Waals surface area contributed by atoms with Gasteiger partial charge in [-0.05, 0) is 26.0 Å². The fourth-order valence-corrected chi connectivity index (χ4v) is 1.61. The van der Waals surface area contributed by atoms with Gasteiger partial charge in [0.15, 0.2) is 11.6 Å². The van der Waals surface area contributed by atoms with Crippen LogP contribution in [0.3, 0.4) is 0 Å². The van der Waals surface area contributed by atoms with Crippen LogP contribution in [0.5, 0.6) is 5.75 Å². The first kappa shape index (κ1) is 15.6. The maximum Gasteiger partial charge on any atom is 0.163 e. The summed E-state index contributed by atoms with van der Waals surface area (Å²) in [5.74, 6) is 0.790. The van der Waals surface area contributed by atoms with Gasteiger partial charge in [-0.2, -0.15) is 0 Å². The number of benzene rings is 2. The van der Waals surface area contributed by atoms with Gasteiger partial charge in [0, 0.05) is 5.56 Å². The molecule has 0 N–H and O–H groups in total. The van der Waals surface area contributed by atoms with Crippen LogP contribution in [0.25, 0.3) is 0 Å². The van der Waals surface area contributed by atoms with Crippen LogP contribution in [0.2, 0.25) is 0 Å². The first-order valence-corrected chi connectivity index (χ1v) is 6.26. The van der Waals surface area contributed by atoms with Crippen LogP contribution < -0.4 is 4.74 Å². The van der Waals surface area contributed by atoms with E-state index in [2.05, 4.69) is 0 Å². The summed E-state index contributed by atoms with van der Waals surface area (Å²) in [7, 11) is 1.56. The molecule has 3 heteroatoms. The molecule has 0 saturated heterocycles. The van der Waals surface area contributed by atoms with Gasteiger partial charge in [0.25, 0.3) is 0 Å². The Morgan fingerprint density at radius 1 is 0.800 bits per heavy atom. The molecule has 3 nitrogen and oxygen atoms in total. The van der Waals surface area contributed by atoms with Gasteiger partial charge in [0.2, 0.25) is 0 Å². The third-order valence-corrected chi connectivity index (χ3v) is 2.67. The summed E-state index contributed by atoms with van der Waals surface area (Å²) in [6, 6.07) is 16.4. The van der Waals surface area contributed by atoms with Crippen LogP contribution in [-0.2, 0) is 0 Å². The number of hydrogen-bond donors (Lipinski definition) is 0. The van der Waals surface area contributed by atoms with Crippen molar-refractivity contribution in [3.05, 3.63) is 65.7 Å². The molecule has 104 valence electrons. The summed E-state index contributed by atoms with van der Waals surface area (Å²) in [4.78, 5) is 21.6. The van der Waals surface area contributed by atoms with Gasteiger partial charge < -0.3 is 4.74 Å². The van der Waals surface area contributed by atoms with Crippen LogP contribution in [0, 0.1) is 0 Å². The molecule has 0 aliphatic rings. The average molecular weight is 270 g/mol. The summed E-state index contributed by atoms with van der Waals surface area (Å²) in [5, 5.41) is 0. The zero-order chi connectivity index (χ0) is 15.0. The van der Waals surface area contributed by atoms with E-state index in [-0.39, 0.29) is 11.6 Å². The average Bonchev–Trinajstić information content (AvgIpc) is 2.48. The second-order valence-corrected chi connectivity index (χ2v) is 4.18. The summed E-state index contributed by atoms with van der Waals surface area (Å²) in [5.41, 5.74) is 1.41. The van der Waals surface area contributed by atoms with E-state index in [0.717, 1.165) is 5.56 Å².